The van der Waals surface area contributed by atoms with Crippen molar-refractivity contribution in [2.75, 3.05) is 6.54 Å². The van der Waals surface area contributed by atoms with E-state index in [1.807, 2.05) is 23.1 Å². The van der Waals surface area contributed by atoms with E-state index in [2.05, 4.69) is 23.8 Å². The summed E-state index contributed by atoms with van der Waals surface area (Å²) in [6, 6.07) is 17.0. The maximum absolute atomic E-state index is 13.2. The Morgan fingerprint density at radius 2 is 1.76 bits per heavy atom. The molecule has 154 valence electrons. The summed E-state index contributed by atoms with van der Waals surface area (Å²) in [5, 5.41) is 0. The Kier molecular flexibility index (Phi) is 5.74. The van der Waals surface area contributed by atoms with Gasteiger partial charge in [0.1, 0.15) is 0 Å². The summed E-state index contributed by atoms with van der Waals surface area (Å²) in [6.45, 7) is 2.92. The molecule has 4 rings (SSSR count). The molecule has 0 unspecified atom stereocenters. The molecule has 29 heavy (non-hydrogen) atoms. The van der Waals surface area contributed by atoms with Crippen molar-refractivity contribution in [3.63, 3.8) is 0 Å². The average molecular weight is 413 g/mol. The molecule has 6 heteroatoms. The van der Waals surface area contributed by atoms with Crippen LogP contribution >= 0.6 is 0 Å². The molecule has 0 spiro atoms. The molecular weight excluding hydrogens is 384 g/mol. The van der Waals surface area contributed by atoms with Crippen molar-refractivity contribution in [1.29, 1.82) is 0 Å². The van der Waals surface area contributed by atoms with Crippen LogP contribution in [0.2, 0.25) is 0 Å². The third-order valence-electron chi connectivity index (χ3n) is 6.00. The highest BCUT2D eigenvalue weighted by molar-refractivity contribution is 7.89. The van der Waals surface area contributed by atoms with Gasteiger partial charge in [-0.05, 0) is 61.9 Å². The lowest BCUT2D eigenvalue weighted by molar-refractivity contribution is 0.0714. The van der Waals surface area contributed by atoms with Crippen molar-refractivity contribution in [3.05, 3.63) is 65.7 Å². The molecule has 2 aliphatic rings. The van der Waals surface area contributed by atoms with Gasteiger partial charge in [0.2, 0.25) is 10.0 Å². The summed E-state index contributed by atoms with van der Waals surface area (Å²) < 4.78 is 27.4. The fourth-order valence-electron chi connectivity index (χ4n) is 4.32. The SMILES string of the molecule is CC[C@@H](c1ccccc1)[C@@H]1CCCN1C(=O)c1ccc(S(=O)(=O)NC2CC2)cc1. The number of rotatable bonds is 7. The van der Waals surface area contributed by atoms with Gasteiger partial charge in [-0.15, -0.1) is 0 Å². The first-order valence-electron chi connectivity index (χ1n) is 10.5. The predicted molar refractivity (Wildman–Crippen MR) is 113 cm³/mol. The second-order valence-corrected chi connectivity index (χ2v) is 9.77. The van der Waals surface area contributed by atoms with Crippen LogP contribution in [0.25, 0.3) is 0 Å². The van der Waals surface area contributed by atoms with Gasteiger partial charge in [0.25, 0.3) is 5.91 Å². The number of likely N-dealkylation sites (tertiary alicyclic amines) is 1. The maximum atomic E-state index is 13.2. The van der Waals surface area contributed by atoms with Crippen LogP contribution in [-0.2, 0) is 10.0 Å². The van der Waals surface area contributed by atoms with E-state index in [1.165, 1.54) is 17.7 Å². The van der Waals surface area contributed by atoms with Crippen LogP contribution < -0.4 is 4.72 Å². The van der Waals surface area contributed by atoms with Crippen LogP contribution in [-0.4, -0.2) is 37.9 Å². The van der Waals surface area contributed by atoms with E-state index in [4.69, 9.17) is 0 Å². The zero-order chi connectivity index (χ0) is 20.4. The van der Waals surface area contributed by atoms with Gasteiger partial charge < -0.3 is 4.90 Å². The van der Waals surface area contributed by atoms with Crippen molar-refractivity contribution in [3.8, 4) is 0 Å². The fraction of sp³-hybridized carbons (Fsp3) is 0.435. The first-order chi connectivity index (χ1) is 14.0. The normalized spacial score (nSPS) is 20.6. The van der Waals surface area contributed by atoms with E-state index >= 15 is 0 Å². The van der Waals surface area contributed by atoms with Crippen molar-refractivity contribution >= 4 is 15.9 Å². The highest BCUT2D eigenvalue weighted by atomic mass is 32.2. The molecule has 1 heterocycles. The van der Waals surface area contributed by atoms with Crippen molar-refractivity contribution in [2.24, 2.45) is 0 Å². The van der Waals surface area contributed by atoms with Crippen LogP contribution in [0.5, 0.6) is 0 Å². The molecule has 2 aromatic carbocycles. The summed E-state index contributed by atoms with van der Waals surface area (Å²) in [7, 11) is -3.50. The summed E-state index contributed by atoms with van der Waals surface area (Å²) in [6.07, 6.45) is 4.76. The zero-order valence-electron chi connectivity index (χ0n) is 16.8. The van der Waals surface area contributed by atoms with E-state index in [-0.39, 0.29) is 22.9 Å². The number of carbonyl (C=O) groups excluding carboxylic acids is 1. The minimum atomic E-state index is -3.50. The van der Waals surface area contributed by atoms with E-state index < -0.39 is 10.0 Å². The van der Waals surface area contributed by atoms with Gasteiger partial charge >= 0.3 is 0 Å². The number of benzene rings is 2. The van der Waals surface area contributed by atoms with Crippen LogP contribution in [0.1, 0.15) is 60.9 Å². The standard InChI is InChI=1S/C23H28N2O3S/c1-2-21(17-7-4-3-5-8-17)22-9-6-16-25(22)23(26)18-10-14-20(15-11-18)29(27,28)24-19-12-13-19/h3-5,7-8,10-11,14-15,19,21-22,24H,2,6,9,12-13,16H2,1H3/t21-,22-/m0/s1. The molecule has 1 amide bonds. The molecule has 2 atom stereocenters. The van der Waals surface area contributed by atoms with Crippen LogP contribution in [0.4, 0.5) is 0 Å². The topological polar surface area (TPSA) is 66.5 Å². The van der Waals surface area contributed by atoms with Gasteiger partial charge in [0.05, 0.1) is 4.90 Å². The number of carbonyl (C=O) groups is 1. The molecule has 2 fully saturated rings. The molecule has 2 aromatic rings. The second kappa shape index (κ2) is 8.28. The third kappa shape index (κ3) is 4.38. The Labute approximate surface area is 173 Å². The molecule has 1 aliphatic carbocycles. The van der Waals surface area contributed by atoms with Crippen molar-refractivity contribution in [2.45, 2.75) is 61.9 Å². The quantitative estimate of drug-likeness (QED) is 0.749. The highest BCUT2D eigenvalue weighted by Gasteiger charge is 2.35. The van der Waals surface area contributed by atoms with Gasteiger partial charge in [-0.3, -0.25) is 4.79 Å². The molecule has 1 N–H and O–H groups in total. The molecule has 1 saturated heterocycles. The van der Waals surface area contributed by atoms with E-state index in [9.17, 15) is 13.2 Å². The van der Waals surface area contributed by atoms with Crippen LogP contribution in [0.15, 0.2) is 59.5 Å². The number of nitrogens with one attached hydrogen (secondary N) is 1. The minimum absolute atomic E-state index is 0.0130. The first kappa shape index (κ1) is 20.1. The Bertz CT molecular complexity index is 953. The molecular formula is C23H28N2O3S. The number of nitrogens with zero attached hydrogens (tertiary/aromatic N) is 1. The molecule has 0 aromatic heterocycles. The summed E-state index contributed by atoms with van der Waals surface area (Å²) in [4.78, 5) is 15.4. The van der Waals surface area contributed by atoms with Gasteiger partial charge in [-0.1, -0.05) is 37.3 Å². The van der Waals surface area contributed by atoms with E-state index in [0.29, 0.717) is 11.5 Å². The highest BCUT2D eigenvalue weighted by Crippen LogP contribution is 2.34. The molecule has 5 nitrogen and oxygen atoms in total. The Hall–Kier alpha value is -2.18. The van der Waals surface area contributed by atoms with Gasteiger partial charge in [-0.2, -0.15) is 0 Å². The third-order valence-corrected chi connectivity index (χ3v) is 7.54. The zero-order valence-corrected chi connectivity index (χ0v) is 17.6. The monoisotopic (exact) mass is 412 g/mol. The van der Waals surface area contributed by atoms with Crippen LogP contribution in [0.3, 0.4) is 0 Å². The number of hydrogen-bond acceptors (Lipinski definition) is 3. The van der Waals surface area contributed by atoms with Gasteiger partial charge in [0.15, 0.2) is 0 Å². The van der Waals surface area contributed by atoms with Crippen molar-refractivity contribution < 1.29 is 13.2 Å². The number of sulfonamides is 1. The summed E-state index contributed by atoms with van der Waals surface area (Å²) in [5.41, 5.74) is 1.82. The number of amides is 1. The predicted octanol–water partition coefficient (Wildman–Crippen LogP) is 3.93. The fourth-order valence-corrected chi connectivity index (χ4v) is 5.63. The largest absolute Gasteiger partial charge is 0.335 e. The summed E-state index contributed by atoms with van der Waals surface area (Å²) >= 11 is 0. The maximum Gasteiger partial charge on any atom is 0.254 e. The summed E-state index contributed by atoms with van der Waals surface area (Å²) in [5.74, 6) is 0.297. The Balaban J connectivity index is 1.52. The lowest BCUT2D eigenvalue weighted by Crippen LogP contribution is -2.39. The first-order valence-corrected chi connectivity index (χ1v) is 12.0. The lowest BCUT2D eigenvalue weighted by atomic mass is 9.87. The number of hydrogen-bond donors (Lipinski definition) is 1. The second-order valence-electron chi connectivity index (χ2n) is 8.05. The molecule has 0 radical (unpaired) electrons. The smallest absolute Gasteiger partial charge is 0.254 e. The minimum Gasteiger partial charge on any atom is -0.335 e. The van der Waals surface area contributed by atoms with Crippen LogP contribution in [0, 0.1) is 0 Å². The average Bonchev–Trinajstić information content (AvgIpc) is 3.41. The molecule has 1 saturated carbocycles. The van der Waals surface area contributed by atoms with E-state index in [1.54, 1.807) is 12.1 Å². The molecule has 0 bridgehead atoms. The molecule has 1 aliphatic heterocycles. The van der Waals surface area contributed by atoms with Crippen molar-refractivity contribution in [1.82, 2.24) is 9.62 Å². The Morgan fingerprint density at radius 3 is 2.38 bits per heavy atom. The Morgan fingerprint density at radius 1 is 1.07 bits per heavy atom. The lowest BCUT2D eigenvalue weighted by Gasteiger charge is -2.31. The van der Waals surface area contributed by atoms with E-state index in [0.717, 1.165) is 38.6 Å². The van der Waals surface area contributed by atoms with Gasteiger partial charge in [-0.25, -0.2) is 13.1 Å². The van der Waals surface area contributed by atoms with Gasteiger partial charge in [0, 0.05) is 30.1 Å².